The maximum absolute atomic E-state index is 8.00. The number of hydrogen-bond donors (Lipinski definition) is 0. The van der Waals surface area contributed by atoms with Gasteiger partial charge in [0.15, 0.2) is 9.04 Å². The first-order valence-corrected chi connectivity index (χ1v) is 21.3. The molecule has 2 nitrogen and oxygen atoms in total. The highest BCUT2D eigenvalue weighted by molar-refractivity contribution is 7.00. The summed E-state index contributed by atoms with van der Waals surface area (Å²) in [6.45, 7) is 21.4. The molecule has 2 unspecified atom stereocenters. The van der Waals surface area contributed by atoms with Gasteiger partial charge in [-0.25, -0.2) is 0 Å². The van der Waals surface area contributed by atoms with E-state index in [1.807, 2.05) is 0 Å². The Balaban J connectivity index is 3.11. The Labute approximate surface area is 215 Å². The molecule has 5 heteroatoms. The largest absolute Gasteiger partial charge is 0.414 e. The minimum absolute atomic E-state index is 0.0632. The fraction of sp³-hybridized carbons (Fsp3) is 0.586. The van der Waals surface area contributed by atoms with Crippen molar-refractivity contribution in [3.8, 4) is 0 Å². The molecule has 0 saturated carbocycles. The van der Waals surface area contributed by atoms with Crippen LogP contribution in [0.25, 0.3) is 0 Å². The third-order valence-electron chi connectivity index (χ3n) is 8.04. The van der Waals surface area contributed by atoms with Gasteiger partial charge >= 0.3 is 0 Å². The Hall–Kier alpha value is -0.989. The van der Waals surface area contributed by atoms with Gasteiger partial charge in [-0.1, -0.05) is 121 Å². The van der Waals surface area contributed by atoms with E-state index in [1.165, 1.54) is 10.4 Å². The van der Waals surface area contributed by atoms with Gasteiger partial charge in [0.1, 0.15) is 0 Å². The van der Waals surface area contributed by atoms with Crippen LogP contribution in [0, 0.1) is 5.92 Å². The molecule has 0 bridgehead atoms. The summed E-state index contributed by atoms with van der Waals surface area (Å²) in [6, 6.07) is 22.5. The molecule has 0 N–H and O–H groups in total. The Morgan fingerprint density at radius 1 is 0.794 bits per heavy atom. The highest BCUT2D eigenvalue weighted by atomic mass is 28.4. The van der Waals surface area contributed by atoms with Gasteiger partial charge in [0.25, 0.3) is 8.32 Å². The smallest absolute Gasteiger partial charge is 0.286 e. The second kappa shape index (κ2) is 12.8. The van der Waals surface area contributed by atoms with Crippen LogP contribution in [0.2, 0.25) is 26.2 Å². The standard InChI is InChI=1S/C29H50O2Si3/c1-10-24-29(25(5)11-2,30-33(8)9)34(26-20-16-14-17-21-26,27-22-18-15-19-23-27)31-28(12-3,13-4)32(6)7/h14-23,25,32-33H,10-13,24H2,1-9H3. The predicted molar refractivity (Wildman–Crippen MR) is 158 cm³/mol. The SMILES string of the molecule is CCCC(O[SiH](C)C)(C(C)CC)[Si](OC(CC)(CC)[SiH](C)C)(c1ccccc1)c1ccccc1. The summed E-state index contributed by atoms with van der Waals surface area (Å²) < 4.78 is 15.4. The molecule has 34 heavy (non-hydrogen) atoms. The topological polar surface area (TPSA) is 18.5 Å². The van der Waals surface area contributed by atoms with E-state index in [-0.39, 0.29) is 10.4 Å². The van der Waals surface area contributed by atoms with Gasteiger partial charge in [-0.2, -0.15) is 0 Å². The van der Waals surface area contributed by atoms with Crippen LogP contribution in [0.15, 0.2) is 60.7 Å². The van der Waals surface area contributed by atoms with Gasteiger partial charge < -0.3 is 8.85 Å². The maximum Gasteiger partial charge on any atom is 0.286 e. The first-order valence-electron chi connectivity index (χ1n) is 13.7. The molecule has 0 aliphatic carbocycles. The third kappa shape index (κ3) is 5.54. The molecule has 0 amide bonds. The van der Waals surface area contributed by atoms with Crippen LogP contribution >= 0.6 is 0 Å². The zero-order valence-electron chi connectivity index (χ0n) is 23.4. The zero-order chi connectivity index (χ0) is 25.4. The van der Waals surface area contributed by atoms with Crippen LogP contribution in [-0.4, -0.2) is 36.6 Å². The van der Waals surface area contributed by atoms with Crippen LogP contribution in [0.4, 0.5) is 0 Å². The first kappa shape index (κ1) is 29.2. The molecule has 0 aromatic heterocycles. The van der Waals surface area contributed by atoms with Crippen LogP contribution in [0.1, 0.15) is 66.7 Å². The normalized spacial score (nSPS) is 15.5. The van der Waals surface area contributed by atoms with Crippen molar-refractivity contribution in [2.24, 2.45) is 5.92 Å². The highest BCUT2D eigenvalue weighted by Crippen LogP contribution is 2.43. The number of rotatable bonds is 14. The second-order valence-corrected chi connectivity index (χ2v) is 19.8. The Kier molecular flexibility index (Phi) is 11.0. The molecule has 0 aliphatic heterocycles. The molecule has 0 fully saturated rings. The van der Waals surface area contributed by atoms with E-state index in [0.717, 1.165) is 32.1 Å². The Morgan fingerprint density at radius 2 is 1.26 bits per heavy atom. The Bertz CT molecular complexity index is 797. The van der Waals surface area contributed by atoms with Crippen LogP contribution in [-0.2, 0) is 8.85 Å². The first-order chi connectivity index (χ1) is 16.2. The van der Waals surface area contributed by atoms with E-state index < -0.39 is 26.2 Å². The van der Waals surface area contributed by atoms with Crippen LogP contribution in [0.5, 0.6) is 0 Å². The van der Waals surface area contributed by atoms with Gasteiger partial charge in [0, 0.05) is 5.22 Å². The van der Waals surface area contributed by atoms with Crippen LogP contribution in [0.3, 0.4) is 0 Å². The van der Waals surface area contributed by atoms with Gasteiger partial charge in [0.05, 0.1) is 14.0 Å². The van der Waals surface area contributed by atoms with Crippen molar-refractivity contribution < 1.29 is 8.85 Å². The third-order valence-corrected chi connectivity index (χ3v) is 17.5. The number of hydrogen-bond acceptors (Lipinski definition) is 2. The quantitative estimate of drug-likeness (QED) is 0.269. The Morgan fingerprint density at radius 3 is 1.59 bits per heavy atom. The molecule has 0 spiro atoms. The lowest BCUT2D eigenvalue weighted by molar-refractivity contribution is 0.0299. The lowest BCUT2D eigenvalue weighted by atomic mass is 9.97. The van der Waals surface area contributed by atoms with Crippen molar-refractivity contribution in [2.75, 3.05) is 0 Å². The van der Waals surface area contributed by atoms with E-state index in [4.69, 9.17) is 8.85 Å². The monoisotopic (exact) mass is 514 g/mol. The molecule has 2 atom stereocenters. The maximum atomic E-state index is 8.00. The molecular formula is C29H50O2Si3. The highest BCUT2D eigenvalue weighted by Gasteiger charge is 2.63. The van der Waals surface area contributed by atoms with E-state index in [9.17, 15) is 0 Å². The summed E-state index contributed by atoms with van der Waals surface area (Å²) in [5.41, 5.74) is 0. The molecule has 0 aliphatic rings. The summed E-state index contributed by atoms with van der Waals surface area (Å²) in [7, 11) is -5.44. The summed E-state index contributed by atoms with van der Waals surface area (Å²) in [5, 5.41) is 2.36. The fourth-order valence-electron chi connectivity index (χ4n) is 5.99. The summed E-state index contributed by atoms with van der Waals surface area (Å²) in [5.74, 6) is 0.398. The van der Waals surface area contributed by atoms with Crippen molar-refractivity contribution in [3.63, 3.8) is 0 Å². The summed E-state index contributed by atoms with van der Waals surface area (Å²) in [6.07, 6.45) is 5.33. The van der Waals surface area contributed by atoms with Gasteiger partial charge in [-0.3, -0.25) is 0 Å². The van der Waals surface area contributed by atoms with Crippen molar-refractivity contribution in [1.82, 2.24) is 0 Å². The van der Waals surface area contributed by atoms with Gasteiger partial charge in [0.2, 0.25) is 0 Å². The van der Waals surface area contributed by atoms with E-state index in [0.29, 0.717) is 5.92 Å². The van der Waals surface area contributed by atoms with E-state index in [2.05, 4.69) is 121 Å². The van der Waals surface area contributed by atoms with Crippen molar-refractivity contribution in [1.29, 1.82) is 0 Å². The van der Waals surface area contributed by atoms with Gasteiger partial charge in [-0.15, -0.1) is 0 Å². The molecule has 2 aromatic carbocycles. The molecule has 2 aromatic rings. The molecular weight excluding hydrogens is 465 g/mol. The van der Waals surface area contributed by atoms with Crippen molar-refractivity contribution in [2.45, 2.75) is 103 Å². The summed E-state index contributed by atoms with van der Waals surface area (Å²) in [4.78, 5) is 0. The fourth-order valence-corrected chi connectivity index (χ4v) is 17.1. The second-order valence-electron chi connectivity index (χ2n) is 10.6. The van der Waals surface area contributed by atoms with E-state index in [1.54, 1.807) is 0 Å². The molecule has 190 valence electrons. The molecule has 0 heterocycles. The van der Waals surface area contributed by atoms with Crippen LogP contribution < -0.4 is 10.4 Å². The van der Waals surface area contributed by atoms with Crippen molar-refractivity contribution >= 4 is 36.5 Å². The zero-order valence-corrected chi connectivity index (χ0v) is 26.7. The average Bonchev–Trinajstić information content (AvgIpc) is 2.85. The molecule has 2 rings (SSSR count). The summed E-state index contributed by atoms with van der Waals surface area (Å²) >= 11 is 0. The minimum atomic E-state index is -2.89. The molecule has 0 radical (unpaired) electrons. The van der Waals surface area contributed by atoms with E-state index >= 15 is 0 Å². The lowest BCUT2D eigenvalue weighted by Crippen LogP contribution is -2.81. The van der Waals surface area contributed by atoms with Crippen molar-refractivity contribution in [3.05, 3.63) is 60.7 Å². The lowest BCUT2D eigenvalue weighted by Gasteiger charge is -2.57. The number of benzene rings is 2. The van der Waals surface area contributed by atoms with Gasteiger partial charge in [-0.05, 0) is 48.6 Å². The predicted octanol–water partition coefficient (Wildman–Crippen LogP) is 6.47. The molecule has 0 saturated heterocycles. The average molecular weight is 515 g/mol. The minimum Gasteiger partial charge on any atom is -0.414 e.